The molecule has 1 atom stereocenters. The summed E-state index contributed by atoms with van der Waals surface area (Å²) >= 11 is 0. The number of carbonyl (C=O) groups excluding carboxylic acids is 2. The Bertz CT molecular complexity index is 704. The number of aromatic nitrogens is 1. The fourth-order valence-corrected chi connectivity index (χ4v) is 2.04. The average molecular weight is 327 g/mol. The largest absolute Gasteiger partial charge is 0.457 e. The van der Waals surface area contributed by atoms with E-state index in [2.05, 4.69) is 10.3 Å². The number of pyridine rings is 1. The molecule has 0 aliphatic rings. The molecule has 0 radical (unpaired) electrons. The summed E-state index contributed by atoms with van der Waals surface area (Å²) in [6.45, 7) is 4.10. The second kappa shape index (κ2) is 8.10. The van der Waals surface area contributed by atoms with Gasteiger partial charge in [-0.15, -0.1) is 0 Å². The van der Waals surface area contributed by atoms with Gasteiger partial charge < -0.3 is 15.0 Å². The lowest BCUT2D eigenvalue weighted by atomic mass is 10.2. The maximum atomic E-state index is 12.3. The molecule has 24 heavy (non-hydrogen) atoms. The number of ether oxygens (including phenoxy) is 1. The van der Waals surface area contributed by atoms with Crippen LogP contribution in [0.4, 0.5) is 0 Å². The van der Waals surface area contributed by atoms with Gasteiger partial charge in [-0.2, -0.15) is 0 Å². The molecule has 6 nitrogen and oxygen atoms in total. The van der Waals surface area contributed by atoms with Crippen LogP contribution in [-0.2, 0) is 4.79 Å². The van der Waals surface area contributed by atoms with Crippen molar-refractivity contribution in [3.63, 3.8) is 0 Å². The third-order valence-electron chi connectivity index (χ3n) is 3.51. The summed E-state index contributed by atoms with van der Waals surface area (Å²) in [7, 11) is 1.69. The van der Waals surface area contributed by atoms with Crippen molar-refractivity contribution in [2.75, 3.05) is 13.6 Å². The van der Waals surface area contributed by atoms with Gasteiger partial charge in [0.2, 0.25) is 5.91 Å². The van der Waals surface area contributed by atoms with Gasteiger partial charge >= 0.3 is 0 Å². The molecule has 0 saturated carbocycles. The number of hydrogen-bond donors (Lipinski definition) is 1. The maximum absolute atomic E-state index is 12.3. The van der Waals surface area contributed by atoms with Crippen molar-refractivity contribution >= 4 is 11.8 Å². The van der Waals surface area contributed by atoms with Crippen molar-refractivity contribution in [3.05, 3.63) is 54.4 Å². The standard InChI is InChI=1S/C18H21N3O3/c1-4-21(3)18(23)13(2)20-17(22)16-12-15(10-11-19-16)24-14-8-6-5-7-9-14/h5-13H,4H2,1-3H3,(H,20,22)/t13-/m0/s1. The van der Waals surface area contributed by atoms with Gasteiger partial charge in [0.25, 0.3) is 5.91 Å². The summed E-state index contributed by atoms with van der Waals surface area (Å²) < 4.78 is 5.68. The molecular formula is C18H21N3O3. The Kier molecular flexibility index (Phi) is 5.89. The Morgan fingerprint density at radius 3 is 2.58 bits per heavy atom. The highest BCUT2D eigenvalue weighted by atomic mass is 16.5. The van der Waals surface area contributed by atoms with Crippen LogP contribution in [0.25, 0.3) is 0 Å². The molecule has 0 spiro atoms. The van der Waals surface area contributed by atoms with Gasteiger partial charge in [0, 0.05) is 25.9 Å². The van der Waals surface area contributed by atoms with Gasteiger partial charge in [0.05, 0.1) is 0 Å². The maximum Gasteiger partial charge on any atom is 0.270 e. The molecule has 2 aromatic rings. The lowest BCUT2D eigenvalue weighted by molar-refractivity contribution is -0.131. The topological polar surface area (TPSA) is 71.5 Å². The molecule has 0 aliphatic carbocycles. The van der Waals surface area contributed by atoms with E-state index in [9.17, 15) is 9.59 Å². The Labute approximate surface area is 141 Å². The summed E-state index contributed by atoms with van der Waals surface area (Å²) in [5, 5.41) is 2.65. The summed E-state index contributed by atoms with van der Waals surface area (Å²) in [5.41, 5.74) is 0.197. The minimum atomic E-state index is -0.622. The molecule has 1 heterocycles. The Balaban J connectivity index is 2.05. The molecule has 0 aliphatic heterocycles. The first-order valence-electron chi connectivity index (χ1n) is 7.76. The van der Waals surface area contributed by atoms with Gasteiger partial charge in [-0.25, -0.2) is 0 Å². The van der Waals surface area contributed by atoms with Crippen molar-refractivity contribution in [2.45, 2.75) is 19.9 Å². The number of hydrogen-bond acceptors (Lipinski definition) is 4. The lowest BCUT2D eigenvalue weighted by Gasteiger charge is -2.20. The Morgan fingerprint density at radius 1 is 1.21 bits per heavy atom. The monoisotopic (exact) mass is 327 g/mol. The summed E-state index contributed by atoms with van der Waals surface area (Å²) in [4.78, 5) is 29.9. The number of amides is 2. The van der Waals surface area contributed by atoms with Crippen LogP contribution in [0, 0.1) is 0 Å². The number of rotatable bonds is 6. The first-order valence-corrected chi connectivity index (χ1v) is 7.76. The molecule has 2 amide bonds. The minimum Gasteiger partial charge on any atom is -0.457 e. The van der Waals surface area contributed by atoms with E-state index in [-0.39, 0.29) is 11.6 Å². The first-order chi connectivity index (χ1) is 11.5. The van der Waals surface area contributed by atoms with E-state index >= 15 is 0 Å². The molecule has 1 aromatic heterocycles. The molecule has 1 N–H and O–H groups in total. The third kappa shape index (κ3) is 4.55. The molecule has 2 rings (SSSR count). The molecule has 0 fully saturated rings. The molecule has 0 saturated heterocycles. The van der Waals surface area contributed by atoms with Gasteiger partial charge in [-0.05, 0) is 32.0 Å². The predicted molar refractivity (Wildman–Crippen MR) is 91.0 cm³/mol. The molecular weight excluding hydrogens is 306 g/mol. The van der Waals surface area contributed by atoms with E-state index in [1.807, 2.05) is 37.3 Å². The van der Waals surface area contributed by atoms with Crippen LogP contribution in [0.5, 0.6) is 11.5 Å². The van der Waals surface area contributed by atoms with Crippen LogP contribution in [0.1, 0.15) is 24.3 Å². The van der Waals surface area contributed by atoms with E-state index in [4.69, 9.17) is 4.74 Å². The quantitative estimate of drug-likeness (QED) is 0.885. The van der Waals surface area contributed by atoms with E-state index in [0.29, 0.717) is 18.0 Å². The normalized spacial score (nSPS) is 11.5. The predicted octanol–water partition coefficient (Wildman–Crippen LogP) is 2.47. The van der Waals surface area contributed by atoms with Crippen LogP contribution >= 0.6 is 0 Å². The number of para-hydroxylation sites is 1. The van der Waals surface area contributed by atoms with Crippen LogP contribution in [0.15, 0.2) is 48.7 Å². The molecule has 6 heteroatoms. The molecule has 126 valence electrons. The number of nitrogens with zero attached hydrogens (tertiary/aromatic N) is 2. The SMILES string of the molecule is CCN(C)C(=O)[C@H](C)NC(=O)c1cc(Oc2ccccc2)ccn1. The van der Waals surface area contributed by atoms with Crippen molar-refractivity contribution in [1.29, 1.82) is 0 Å². The summed E-state index contributed by atoms with van der Waals surface area (Å²) in [5.74, 6) is 0.607. The first kappa shape index (κ1) is 17.5. The van der Waals surface area contributed by atoms with Gasteiger partial charge in [-0.3, -0.25) is 14.6 Å². The zero-order valence-corrected chi connectivity index (χ0v) is 14.0. The molecule has 0 bridgehead atoms. The fraction of sp³-hybridized carbons (Fsp3) is 0.278. The van der Waals surface area contributed by atoms with E-state index in [0.717, 1.165) is 0 Å². The third-order valence-corrected chi connectivity index (χ3v) is 3.51. The number of nitrogens with one attached hydrogen (secondary N) is 1. The van der Waals surface area contributed by atoms with Crippen LogP contribution < -0.4 is 10.1 Å². The van der Waals surface area contributed by atoms with Crippen LogP contribution in [-0.4, -0.2) is 41.3 Å². The van der Waals surface area contributed by atoms with Crippen LogP contribution in [0.2, 0.25) is 0 Å². The van der Waals surface area contributed by atoms with Crippen molar-refractivity contribution in [3.8, 4) is 11.5 Å². The Hall–Kier alpha value is -2.89. The molecule has 1 aromatic carbocycles. The van der Waals surface area contributed by atoms with Crippen molar-refractivity contribution in [2.24, 2.45) is 0 Å². The van der Waals surface area contributed by atoms with Gasteiger partial charge in [0.1, 0.15) is 23.2 Å². The highest BCUT2D eigenvalue weighted by Crippen LogP contribution is 2.20. The summed E-state index contributed by atoms with van der Waals surface area (Å²) in [6.07, 6.45) is 1.50. The number of benzene rings is 1. The zero-order chi connectivity index (χ0) is 17.5. The second-order valence-electron chi connectivity index (χ2n) is 5.34. The van der Waals surface area contributed by atoms with Gasteiger partial charge in [0.15, 0.2) is 0 Å². The minimum absolute atomic E-state index is 0.150. The van der Waals surface area contributed by atoms with E-state index < -0.39 is 11.9 Å². The van der Waals surface area contributed by atoms with Gasteiger partial charge in [-0.1, -0.05) is 18.2 Å². The highest BCUT2D eigenvalue weighted by molar-refractivity contribution is 5.96. The zero-order valence-electron chi connectivity index (χ0n) is 14.0. The van der Waals surface area contributed by atoms with Crippen LogP contribution in [0.3, 0.4) is 0 Å². The molecule has 0 unspecified atom stereocenters. The second-order valence-corrected chi connectivity index (χ2v) is 5.34. The average Bonchev–Trinajstić information content (AvgIpc) is 2.61. The number of carbonyl (C=O) groups is 2. The smallest absolute Gasteiger partial charge is 0.270 e. The fourth-order valence-electron chi connectivity index (χ4n) is 2.04. The number of likely N-dealkylation sites (N-methyl/N-ethyl adjacent to an activating group) is 1. The lowest BCUT2D eigenvalue weighted by Crippen LogP contribution is -2.45. The summed E-state index contributed by atoms with van der Waals surface area (Å²) in [6, 6.07) is 11.9. The Morgan fingerprint density at radius 2 is 1.92 bits per heavy atom. The van der Waals surface area contributed by atoms with E-state index in [1.54, 1.807) is 31.0 Å². The van der Waals surface area contributed by atoms with Crippen molar-refractivity contribution in [1.82, 2.24) is 15.2 Å². The van der Waals surface area contributed by atoms with E-state index in [1.165, 1.54) is 6.20 Å². The highest BCUT2D eigenvalue weighted by Gasteiger charge is 2.20. The van der Waals surface area contributed by atoms with Crippen molar-refractivity contribution < 1.29 is 14.3 Å².